The fourth-order valence-electron chi connectivity index (χ4n) is 0.577. The first-order chi connectivity index (χ1) is 5.85. The summed E-state index contributed by atoms with van der Waals surface area (Å²) in [5.74, 6) is 0. The van der Waals surface area contributed by atoms with Crippen molar-refractivity contribution in [1.82, 2.24) is 0 Å². The molecule has 8 heteroatoms. The van der Waals surface area contributed by atoms with Gasteiger partial charge in [0.15, 0.2) is 0 Å². The largest absolute Gasteiger partial charge is 0.425 e. The Morgan fingerprint density at radius 1 is 1.15 bits per heavy atom. The molecule has 13 heavy (non-hydrogen) atoms. The molecule has 0 heterocycles. The van der Waals surface area contributed by atoms with E-state index >= 15 is 0 Å². The fourth-order valence-corrected chi connectivity index (χ4v) is 1.73. The van der Waals surface area contributed by atoms with Gasteiger partial charge in [-0.1, -0.05) is 0 Å². The third kappa shape index (κ3) is 18.7. The minimum atomic E-state index is -3.11. The summed E-state index contributed by atoms with van der Waals surface area (Å²) >= 11 is 0. The molecular formula is C5H15O6PS. The summed E-state index contributed by atoms with van der Waals surface area (Å²) in [5, 5.41) is 0. The van der Waals surface area contributed by atoms with E-state index in [4.69, 9.17) is 21.7 Å². The Balaban J connectivity index is 0. The molecule has 0 radical (unpaired) electrons. The average molecular weight is 234 g/mol. The molecule has 0 atom stereocenters. The Labute approximate surface area is 79.5 Å². The zero-order valence-corrected chi connectivity index (χ0v) is 9.63. The summed E-state index contributed by atoms with van der Waals surface area (Å²) in [6, 6.07) is 0. The monoisotopic (exact) mass is 234 g/mol. The molecule has 0 aromatic carbocycles. The SMILES string of the molecule is CCO[PH](C)(O)OCC.O=S(=O)=O. The molecule has 1 N–H and O–H groups in total. The van der Waals surface area contributed by atoms with Crippen molar-refractivity contribution in [3.05, 3.63) is 0 Å². The maximum Gasteiger partial charge on any atom is 0.425 e. The molecule has 0 saturated carbocycles. The van der Waals surface area contributed by atoms with Gasteiger partial charge in [0.2, 0.25) is 0 Å². The Bertz CT molecular complexity index is 193. The average Bonchev–Trinajstić information content (AvgIpc) is 1.84. The Hall–Kier alpha value is -0.0700. The Morgan fingerprint density at radius 3 is 1.54 bits per heavy atom. The molecule has 0 aliphatic carbocycles. The zero-order valence-electron chi connectivity index (χ0n) is 7.81. The van der Waals surface area contributed by atoms with Gasteiger partial charge >= 0.3 is 66.2 Å². The van der Waals surface area contributed by atoms with Crippen molar-refractivity contribution >= 4 is 18.6 Å². The quantitative estimate of drug-likeness (QED) is 0.697. The van der Waals surface area contributed by atoms with Crippen LogP contribution in [0, 0.1) is 0 Å². The van der Waals surface area contributed by atoms with Crippen LogP contribution < -0.4 is 0 Å². The third-order valence-electron chi connectivity index (χ3n) is 0.824. The van der Waals surface area contributed by atoms with Crippen molar-refractivity contribution in [3.8, 4) is 0 Å². The van der Waals surface area contributed by atoms with Crippen molar-refractivity contribution in [2.24, 2.45) is 0 Å². The second-order valence-corrected chi connectivity index (χ2v) is 4.75. The molecule has 0 saturated heterocycles. The van der Waals surface area contributed by atoms with E-state index in [1.54, 1.807) is 6.66 Å². The topological polar surface area (TPSA) is 89.9 Å². The first-order valence-electron chi connectivity index (χ1n) is 3.62. The van der Waals surface area contributed by atoms with Crippen molar-refractivity contribution < 1.29 is 26.6 Å². The smallest absolute Gasteiger partial charge is 0.142 e. The summed E-state index contributed by atoms with van der Waals surface area (Å²) in [6.45, 7) is 6.30. The van der Waals surface area contributed by atoms with Gasteiger partial charge in [-0.25, -0.2) is 0 Å². The van der Waals surface area contributed by atoms with E-state index < -0.39 is 18.6 Å². The standard InChI is InChI=1S/C5H15O3P.O3S/c1-4-7-9(3,6)8-5-2;1-4(2)3/h6,9H,4-5H2,1-3H3;. The van der Waals surface area contributed by atoms with Crippen LogP contribution in [-0.4, -0.2) is 37.4 Å². The van der Waals surface area contributed by atoms with Crippen LogP contribution in [0.1, 0.15) is 13.8 Å². The number of hydrogen-bond acceptors (Lipinski definition) is 6. The van der Waals surface area contributed by atoms with Gasteiger partial charge in [-0.15, -0.1) is 12.6 Å². The van der Waals surface area contributed by atoms with E-state index in [0.717, 1.165) is 0 Å². The molecule has 0 aromatic rings. The second-order valence-electron chi connectivity index (χ2n) is 1.97. The van der Waals surface area contributed by atoms with Gasteiger partial charge in [-0.3, -0.25) is 0 Å². The molecule has 0 aliphatic rings. The van der Waals surface area contributed by atoms with E-state index in [1.165, 1.54) is 0 Å². The fraction of sp³-hybridized carbons (Fsp3) is 1.00. The molecule has 0 fully saturated rings. The predicted molar refractivity (Wildman–Crippen MR) is 49.4 cm³/mol. The van der Waals surface area contributed by atoms with Crippen molar-refractivity contribution in [2.75, 3.05) is 19.9 Å². The second kappa shape index (κ2) is 8.52. The molecule has 0 rings (SSSR count). The van der Waals surface area contributed by atoms with Gasteiger partial charge < -0.3 is 0 Å². The molecule has 0 bridgehead atoms. The van der Waals surface area contributed by atoms with Crippen LogP contribution >= 0.6 is 7.94 Å². The minimum absolute atomic E-state index is 0.513. The summed E-state index contributed by atoms with van der Waals surface area (Å²) in [7, 11) is -5.81. The van der Waals surface area contributed by atoms with Crippen LogP contribution in [0.3, 0.4) is 0 Å². The van der Waals surface area contributed by atoms with Gasteiger partial charge in [0.05, 0.1) is 0 Å². The maximum atomic E-state index is 9.21. The zero-order chi connectivity index (χ0) is 10.9. The first-order valence-corrected chi connectivity index (χ1v) is 6.89. The summed E-state index contributed by atoms with van der Waals surface area (Å²) in [6.07, 6.45) is 0. The van der Waals surface area contributed by atoms with Gasteiger partial charge in [-0.2, -0.15) is 0 Å². The van der Waals surface area contributed by atoms with Gasteiger partial charge in [0.1, 0.15) is 0 Å². The molecule has 0 spiro atoms. The molecule has 0 unspecified atom stereocenters. The van der Waals surface area contributed by atoms with Gasteiger partial charge in [0.25, 0.3) is 0 Å². The van der Waals surface area contributed by atoms with E-state index in [2.05, 4.69) is 0 Å². The van der Waals surface area contributed by atoms with Crippen molar-refractivity contribution in [2.45, 2.75) is 13.8 Å². The molecule has 82 valence electrons. The van der Waals surface area contributed by atoms with Crippen LogP contribution in [0.4, 0.5) is 0 Å². The van der Waals surface area contributed by atoms with Crippen LogP contribution in [0.15, 0.2) is 0 Å². The van der Waals surface area contributed by atoms with Crippen LogP contribution in [0.2, 0.25) is 0 Å². The van der Waals surface area contributed by atoms with Gasteiger partial charge in [0, 0.05) is 0 Å². The van der Waals surface area contributed by atoms with Crippen molar-refractivity contribution in [3.63, 3.8) is 0 Å². The normalized spacial score (nSPS) is 11.4. The van der Waals surface area contributed by atoms with Gasteiger partial charge in [-0.05, 0) is 0 Å². The summed E-state index contributed by atoms with van der Waals surface area (Å²) in [5.41, 5.74) is 0. The molecule has 0 aromatic heterocycles. The van der Waals surface area contributed by atoms with E-state index in [-0.39, 0.29) is 0 Å². The van der Waals surface area contributed by atoms with E-state index in [9.17, 15) is 4.89 Å². The third-order valence-corrected chi connectivity index (χ3v) is 2.47. The van der Waals surface area contributed by atoms with E-state index in [0.29, 0.717) is 13.2 Å². The first kappa shape index (κ1) is 15.4. The minimum Gasteiger partial charge on any atom is -0.142 e. The number of hydrogen-bond donors (Lipinski definition) is 1. The Morgan fingerprint density at radius 2 is 1.38 bits per heavy atom. The van der Waals surface area contributed by atoms with Crippen LogP contribution in [0.5, 0.6) is 0 Å². The Kier molecular flexibility index (Phi) is 10.1. The molecule has 0 aliphatic heterocycles. The van der Waals surface area contributed by atoms with Crippen molar-refractivity contribution in [1.29, 1.82) is 0 Å². The van der Waals surface area contributed by atoms with Crippen LogP contribution in [-0.2, 0) is 19.7 Å². The molecule has 6 nitrogen and oxygen atoms in total. The molecule has 0 amide bonds. The summed E-state index contributed by atoms with van der Waals surface area (Å²) < 4.78 is 35.2. The van der Waals surface area contributed by atoms with Crippen LogP contribution in [0.25, 0.3) is 0 Å². The molecular weight excluding hydrogens is 219 g/mol. The predicted octanol–water partition coefficient (Wildman–Crippen LogP) is 0.172. The summed E-state index contributed by atoms with van der Waals surface area (Å²) in [4.78, 5) is 9.21. The van der Waals surface area contributed by atoms with E-state index in [1.807, 2.05) is 13.8 Å². The maximum absolute atomic E-state index is 9.21. The number of rotatable bonds is 4.